The number of hydrogen-bond acceptors (Lipinski definition) is 4. The van der Waals surface area contributed by atoms with Crippen LogP contribution in [0.4, 0.5) is 5.69 Å². The van der Waals surface area contributed by atoms with Gasteiger partial charge in [0.1, 0.15) is 12.6 Å². The summed E-state index contributed by atoms with van der Waals surface area (Å²) < 4.78 is 26.9. The molecular formula is C24H30BrCl2N3O4S. The molecule has 192 valence electrons. The second kappa shape index (κ2) is 12.0. The van der Waals surface area contributed by atoms with Crippen molar-refractivity contribution in [2.24, 2.45) is 0 Å². The van der Waals surface area contributed by atoms with Crippen LogP contribution in [-0.2, 0) is 26.2 Å². The van der Waals surface area contributed by atoms with E-state index in [-0.39, 0.29) is 12.5 Å². The van der Waals surface area contributed by atoms with Crippen LogP contribution in [0.3, 0.4) is 0 Å². The standard InChI is InChI=1S/C24H30BrCl2N3O4S/c1-6-20(23(32)28-24(2,3)4)29(14-16-11-12-18(26)19(27)13-16)22(31)15-30(35(5,33)34)21-10-8-7-9-17(21)25/h7-13,20H,6,14-15H2,1-5H3,(H,28,32)/t20-/m1/s1. The fourth-order valence-corrected chi connectivity index (χ4v) is 5.25. The van der Waals surface area contributed by atoms with E-state index >= 15 is 0 Å². The zero-order valence-electron chi connectivity index (χ0n) is 20.3. The van der Waals surface area contributed by atoms with Gasteiger partial charge in [0.15, 0.2) is 0 Å². The Balaban J connectivity index is 2.50. The van der Waals surface area contributed by atoms with E-state index in [1.54, 1.807) is 49.4 Å². The first-order chi connectivity index (χ1) is 16.1. The Labute approximate surface area is 225 Å². The zero-order valence-corrected chi connectivity index (χ0v) is 24.2. The quantitative estimate of drug-likeness (QED) is 0.423. The summed E-state index contributed by atoms with van der Waals surface area (Å²) in [4.78, 5) is 28.2. The lowest BCUT2D eigenvalue weighted by atomic mass is 10.1. The van der Waals surface area contributed by atoms with Crippen molar-refractivity contribution in [3.05, 3.63) is 62.5 Å². The molecule has 0 aliphatic heterocycles. The summed E-state index contributed by atoms with van der Waals surface area (Å²) in [7, 11) is -3.82. The number of para-hydroxylation sites is 1. The average Bonchev–Trinajstić information content (AvgIpc) is 2.73. The smallest absolute Gasteiger partial charge is 0.244 e. The summed E-state index contributed by atoms with van der Waals surface area (Å²) in [6.07, 6.45) is 1.36. The van der Waals surface area contributed by atoms with Gasteiger partial charge in [-0.2, -0.15) is 0 Å². The minimum Gasteiger partial charge on any atom is -0.350 e. The van der Waals surface area contributed by atoms with Crippen molar-refractivity contribution < 1.29 is 18.0 Å². The molecule has 0 saturated heterocycles. The molecule has 35 heavy (non-hydrogen) atoms. The number of rotatable bonds is 9. The third kappa shape index (κ3) is 8.37. The van der Waals surface area contributed by atoms with Crippen LogP contribution in [0.15, 0.2) is 46.9 Å². The molecule has 2 rings (SSSR count). The van der Waals surface area contributed by atoms with E-state index in [2.05, 4.69) is 21.2 Å². The van der Waals surface area contributed by atoms with Crippen molar-refractivity contribution in [2.75, 3.05) is 17.1 Å². The van der Waals surface area contributed by atoms with Gasteiger partial charge in [-0.15, -0.1) is 0 Å². The molecule has 7 nitrogen and oxygen atoms in total. The Morgan fingerprint density at radius 3 is 2.23 bits per heavy atom. The Hall–Kier alpha value is -1.81. The van der Waals surface area contributed by atoms with Crippen LogP contribution >= 0.6 is 39.1 Å². The van der Waals surface area contributed by atoms with Gasteiger partial charge in [-0.1, -0.05) is 48.3 Å². The van der Waals surface area contributed by atoms with Crippen LogP contribution in [0.5, 0.6) is 0 Å². The molecule has 0 heterocycles. The molecule has 0 radical (unpaired) electrons. The number of carbonyl (C=O) groups excluding carboxylic acids is 2. The molecule has 0 aliphatic carbocycles. The molecule has 0 aliphatic rings. The first-order valence-corrected chi connectivity index (χ1v) is 14.3. The molecule has 0 saturated carbocycles. The molecule has 0 aromatic heterocycles. The van der Waals surface area contributed by atoms with Crippen molar-refractivity contribution in [1.82, 2.24) is 10.2 Å². The Bertz CT molecular complexity index is 1190. The highest BCUT2D eigenvalue weighted by atomic mass is 79.9. The zero-order chi connectivity index (χ0) is 26.6. The van der Waals surface area contributed by atoms with Gasteiger partial charge in [0.2, 0.25) is 21.8 Å². The number of nitrogens with zero attached hydrogens (tertiary/aromatic N) is 2. The van der Waals surface area contributed by atoms with Crippen molar-refractivity contribution in [1.29, 1.82) is 0 Å². The van der Waals surface area contributed by atoms with Gasteiger partial charge in [-0.05, 0) is 73.0 Å². The fourth-order valence-electron chi connectivity index (χ4n) is 3.46. The van der Waals surface area contributed by atoms with E-state index in [1.165, 1.54) is 4.90 Å². The van der Waals surface area contributed by atoms with E-state index in [1.807, 2.05) is 20.8 Å². The molecule has 0 spiro atoms. The SMILES string of the molecule is CC[C@H](C(=O)NC(C)(C)C)N(Cc1ccc(Cl)c(Cl)c1)C(=O)CN(c1ccccc1Br)S(C)(=O)=O. The number of halogens is 3. The maximum atomic E-state index is 13.7. The number of amides is 2. The number of benzene rings is 2. The lowest BCUT2D eigenvalue weighted by molar-refractivity contribution is -0.141. The monoisotopic (exact) mass is 605 g/mol. The number of sulfonamides is 1. The molecule has 0 bridgehead atoms. The average molecular weight is 607 g/mol. The largest absolute Gasteiger partial charge is 0.350 e. The molecule has 1 N–H and O–H groups in total. The lowest BCUT2D eigenvalue weighted by Crippen LogP contribution is -2.55. The maximum Gasteiger partial charge on any atom is 0.244 e. The predicted molar refractivity (Wildman–Crippen MR) is 145 cm³/mol. The van der Waals surface area contributed by atoms with Crippen LogP contribution in [0.2, 0.25) is 10.0 Å². The van der Waals surface area contributed by atoms with Crippen LogP contribution in [0.25, 0.3) is 0 Å². The van der Waals surface area contributed by atoms with E-state index in [9.17, 15) is 18.0 Å². The van der Waals surface area contributed by atoms with Gasteiger partial charge >= 0.3 is 0 Å². The number of anilines is 1. The lowest BCUT2D eigenvalue weighted by Gasteiger charge is -2.34. The highest BCUT2D eigenvalue weighted by Gasteiger charge is 2.33. The van der Waals surface area contributed by atoms with Gasteiger partial charge in [-0.25, -0.2) is 8.42 Å². The molecule has 2 aromatic rings. The number of hydrogen-bond donors (Lipinski definition) is 1. The normalized spacial score (nSPS) is 12.7. The van der Waals surface area contributed by atoms with Crippen LogP contribution < -0.4 is 9.62 Å². The molecule has 2 amide bonds. The number of carbonyl (C=O) groups is 2. The van der Waals surface area contributed by atoms with Crippen molar-refractivity contribution in [3.63, 3.8) is 0 Å². The Morgan fingerprint density at radius 1 is 1.09 bits per heavy atom. The molecular weight excluding hydrogens is 577 g/mol. The fraction of sp³-hybridized carbons (Fsp3) is 0.417. The van der Waals surface area contributed by atoms with Gasteiger partial charge in [-0.3, -0.25) is 13.9 Å². The predicted octanol–water partition coefficient (Wildman–Crippen LogP) is 5.24. The summed E-state index contributed by atoms with van der Waals surface area (Å²) >= 11 is 15.6. The third-order valence-electron chi connectivity index (χ3n) is 5.02. The highest BCUT2D eigenvalue weighted by Crippen LogP contribution is 2.28. The maximum absolute atomic E-state index is 13.7. The summed E-state index contributed by atoms with van der Waals surface area (Å²) in [5.74, 6) is -0.867. The van der Waals surface area contributed by atoms with Gasteiger partial charge in [0, 0.05) is 16.6 Å². The molecule has 0 fully saturated rings. The minimum absolute atomic E-state index is 0.0410. The first-order valence-electron chi connectivity index (χ1n) is 10.9. The highest BCUT2D eigenvalue weighted by molar-refractivity contribution is 9.10. The molecule has 0 unspecified atom stereocenters. The van der Waals surface area contributed by atoms with Crippen LogP contribution in [0.1, 0.15) is 39.7 Å². The van der Waals surface area contributed by atoms with Crippen LogP contribution in [0, 0.1) is 0 Å². The van der Waals surface area contributed by atoms with Crippen LogP contribution in [-0.4, -0.2) is 49.5 Å². The molecule has 11 heteroatoms. The van der Waals surface area contributed by atoms with Crippen molar-refractivity contribution in [3.8, 4) is 0 Å². The summed E-state index contributed by atoms with van der Waals surface area (Å²) in [5, 5.41) is 3.60. The van der Waals surface area contributed by atoms with Crippen molar-refractivity contribution >= 4 is 66.7 Å². The summed E-state index contributed by atoms with van der Waals surface area (Å²) in [5.41, 5.74) is 0.461. The summed E-state index contributed by atoms with van der Waals surface area (Å²) in [6, 6.07) is 10.8. The molecule has 2 aromatic carbocycles. The van der Waals surface area contributed by atoms with E-state index < -0.39 is 34.1 Å². The van der Waals surface area contributed by atoms with E-state index in [0.717, 1.165) is 10.6 Å². The first kappa shape index (κ1) is 29.4. The summed E-state index contributed by atoms with van der Waals surface area (Å²) in [6.45, 7) is 6.90. The second-order valence-corrected chi connectivity index (χ2v) is 12.7. The van der Waals surface area contributed by atoms with Gasteiger partial charge in [0.05, 0.1) is 22.0 Å². The van der Waals surface area contributed by atoms with E-state index in [4.69, 9.17) is 23.2 Å². The second-order valence-electron chi connectivity index (χ2n) is 9.15. The van der Waals surface area contributed by atoms with Crippen molar-refractivity contribution in [2.45, 2.75) is 52.2 Å². The number of nitrogens with one attached hydrogen (secondary N) is 1. The van der Waals surface area contributed by atoms with Gasteiger partial charge < -0.3 is 10.2 Å². The third-order valence-corrected chi connectivity index (χ3v) is 7.56. The topological polar surface area (TPSA) is 86.8 Å². The van der Waals surface area contributed by atoms with Gasteiger partial charge in [0.25, 0.3) is 0 Å². The Morgan fingerprint density at radius 2 is 1.71 bits per heavy atom. The molecule has 1 atom stereocenters. The minimum atomic E-state index is -3.82. The van der Waals surface area contributed by atoms with E-state index in [0.29, 0.717) is 32.2 Å². The Kier molecular flexibility index (Phi) is 10.0.